The Morgan fingerprint density at radius 3 is 2.65 bits per heavy atom. The number of nitrogens with zero attached hydrogens (tertiary/aromatic N) is 3. The van der Waals surface area contributed by atoms with E-state index in [-0.39, 0.29) is 6.04 Å². The first-order chi connectivity index (χ1) is 8.00. The van der Waals surface area contributed by atoms with Crippen LogP contribution >= 0.6 is 27.3 Å². The van der Waals surface area contributed by atoms with Crippen LogP contribution in [0.25, 0.3) is 0 Å². The molecule has 6 heteroatoms. The van der Waals surface area contributed by atoms with Crippen LogP contribution in [0.15, 0.2) is 16.9 Å². The monoisotopic (exact) mass is 315 g/mol. The molecule has 0 amide bonds. The zero-order chi connectivity index (χ0) is 12.6. The predicted molar refractivity (Wildman–Crippen MR) is 71.2 cm³/mol. The first-order valence-corrected chi connectivity index (χ1v) is 6.95. The Balaban J connectivity index is 2.43. The second-order valence-corrected chi connectivity index (χ2v) is 6.22. The van der Waals surface area contributed by atoms with Gasteiger partial charge in [0.1, 0.15) is 6.10 Å². The summed E-state index contributed by atoms with van der Waals surface area (Å²) in [5.74, 6) is 0. The molecule has 4 nitrogen and oxygen atoms in total. The van der Waals surface area contributed by atoms with E-state index in [1.165, 1.54) is 11.3 Å². The minimum atomic E-state index is -0.680. The summed E-state index contributed by atoms with van der Waals surface area (Å²) in [6, 6.07) is 0.208. The fourth-order valence-corrected chi connectivity index (χ4v) is 2.92. The summed E-state index contributed by atoms with van der Waals surface area (Å²) in [4.78, 5) is 5.00. The van der Waals surface area contributed by atoms with E-state index >= 15 is 0 Å². The van der Waals surface area contributed by atoms with E-state index in [1.807, 2.05) is 25.5 Å². The maximum Gasteiger partial charge on any atom is 0.132 e. The van der Waals surface area contributed by atoms with Gasteiger partial charge in [-0.1, -0.05) is 0 Å². The maximum absolute atomic E-state index is 10.4. The molecule has 0 saturated heterocycles. The molecule has 92 valence electrons. The van der Waals surface area contributed by atoms with Crippen molar-refractivity contribution in [3.63, 3.8) is 0 Å². The Labute approximate surface area is 112 Å². The molecule has 1 N–H and O–H groups in total. The van der Waals surface area contributed by atoms with Crippen molar-refractivity contribution in [1.82, 2.24) is 14.8 Å². The first-order valence-electron chi connectivity index (χ1n) is 5.34. The van der Waals surface area contributed by atoms with Gasteiger partial charge in [0.05, 0.1) is 26.2 Å². The van der Waals surface area contributed by atoms with Gasteiger partial charge in [0.2, 0.25) is 0 Å². The summed E-state index contributed by atoms with van der Waals surface area (Å²) in [6.45, 7) is 6.00. The summed E-state index contributed by atoms with van der Waals surface area (Å²) >= 11 is 4.93. The third-order valence-corrected chi connectivity index (χ3v) is 4.02. The fourth-order valence-electron chi connectivity index (χ4n) is 1.66. The summed E-state index contributed by atoms with van der Waals surface area (Å²) < 4.78 is 2.65. The molecule has 1 atom stereocenters. The molecule has 17 heavy (non-hydrogen) atoms. The second kappa shape index (κ2) is 4.88. The second-order valence-electron chi connectivity index (χ2n) is 4.10. The lowest BCUT2D eigenvalue weighted by Crippen LogP contribution is -2.11. The Morgan fingerprint density at radius 2 is 2.12 bits per heavy atom. The Kier molecular flexibility index (Phi) is 3.65. The molecular formula is C11H14BrN3OS. The minimum Gasteiger partial charge on any atom is -0.381 e. The van der Waals surface area contributed by atoms with Crippen LogP contribution in [0.2, 0.25) is 0 Å². The van der Waals surface area contributed by atoms with Crippen LogP contribution in [-0.2, 0) is 0 Å². The molecule has 0 radical (unpaired) electrons. The molecule has 2 aromatic heterocycles. The average molecular weight is 316 g/mol. The lowest BCUT2D eigenvalue weighted by molar-refractivity contribution is 0.207. The van der Waals surface area contributed by atoms with Gasteiger partial charge < -0.3 is 5.11 Å². The number of hydrogen-bond donors (Lipinski definition) is 1. The lowest BCUT2D eigenvalue weighted by atomic mass is 10.2. The number of aryl methyl sites for hydroxylation is 1. The highest BCUT2D eigenvalue weighted by Crippen LogP contribution is 2.32. The topological polar surface area (TPSA) is 50.9 Å². The molecule has 2 heterocycles. The first kappa shape index (κ1) is 12.7. The summed E-state index contributed by atoms with van der Waals surface area (Å²) in [5, 5.41) is 15.6. The molecule has 0 spiro atoms. The highest BCUT2D eigenvalue weighted by atomic mass is 79.9. The van der Waals surface area contributed by atoms with Crippen LogP contribution < -0.4 is 0 Å². The van der Waals surface area contributed by atoms with Crippen LogP contribution in [-0.4, -0.2) is 19.9 Å². The molecule has 2 rings (SSSR count). The third-order valence-electron chi connectivity index (χ3n) is 2.44. The van der Waals surface area contributed by atoms with Crippen molar-refractivity contribution in [3.05, 3.63) is 32.4 Å². The molecule has 0 saturated carbocycles. The van der Waals surface area contributed by atoms with Gasteiger partial charge in [0.25, 0.3) is 0 Å². The van der Waals surface area contributed by atoms with E-state index in [1.54, 1.807) is 12.4 Å². The number of rotatable bonds is 3. The van der Waals surface area contributed by atoms with Crippen LogP contribution in [0, 0.1) is 6.92 Å². The van der Waals surface area contributed by atoms with E-state index in [2.05, 4.69) is 26.0 Å². The number of aliphatic hydroxyl groups excluding tert-OH is 1. The van der Waals surface area contributed by atoms with E-state index in [0.717, 1.165) is 20.1 Å². The van der Waals surface area contributed by atoms with Crippen LogP contribution in [0.5, 0.6) is 0 Å². The Morgan fingerprint density at radius 1 is 1.41 bits per heavy atom. The highest BCUT2D eigenvalue weighted by molar-refractivity contribution is 9.10. The summed E-state index contributed by atoms with van der Waals surface area (Å²) in [6.07, 6.45) is 2.75. The predicted octanol–water partition coefficient (Wildman–Crippen LogP) is 3.07. The highest BCUT2D eigenvalue weighted by Gasteiger charge is 2.22. The van der Waals surface area contributed by atoms with E-state index in [9.17, 15) is 5.11 Å². The number of hydrogen-bond acceptors (Lipinski definition) is 4. The van der Waals surface area contributed by atoms with Gasteiger partial charge >= 0.3 is 0 Å². The zero-order valence-corrected chi connectivity index (χ0v) is 12.3. The van der Waals surface area contributed by atoms with Crippen molar-refractivity contribution in [2.45, 2.75) is 32.9 Å². The van der Waals surface area contributed by atoms with Crippen molar-refractivity contribution in [3.8, 4) is 0 Å². The number of halogens is 1. The molecule has 0 aliphatic rings. The lowest BCUT2D eigenvalue weighted by Gasteiger charge is -2.15. The molecule has 0 fully saturated rings. The molecular weight excluding hydrogens is 302 g/mol. The van der Waals surface area contributed by atoms with Gasteiger partial charge in [-0.3, -0.25) is 4.68 Å². The van der Waals surface area contributed by atoms with Gasteiger partial charge in [-0.25, -0.2) is 4.98 Å². The van der Waals surface area contributed by atoms with Gasteiger partial charge in [-0.05, 0) is 36.7 Å². The van der Waals surface area contributed by atoms with E-state index in [0.29, 0.717) is 0 Å². The molecule has 0 aromatic carbocycles. The minimum absolute atomic E-state index is 0.208. The number of aliphatic hydroxyl groups is 1. The summed E-state index contributed by atoms with van der Waals surface area (Å²) in [5.41, 5.74) is 0.781. The fraction of sp³-hybridized carbons (Fsp3) is 0.455. The molecule has 0 aliphatic carbocycles. The molecule has 1 unspecified atom stereocenters. The maximum atomic E-state index is 10.4. The normalized spacial score (nSPS) is 13.3. The Hall–Kier alpha value is -0.720. The van der Waals surface area contributed by atoms with Crippen molar-refractivity contribution >= 4 is 27.3 Å². The van der Waals surface area contributed by atoms with Crippen LogP contribution in [0.4, 0.5) is 0 Å². The number of aromatic nitrogens is 3. The Bertz CT molecular complexity index is 521. The smallest absolute Gasteiger partial charge is 0.132 e. The number of thiazole rings is 1. The molecule has 0 bridgehead atoms. The molecule has 0 aliphatic heterocycles. The van der Waals surface area contributed by atoms with Crippen molar-refractivity contribution in [1.29, 1.82) is 0 Å². The van der Waals surface area contributed by atoms with Crippen molar-refractivity contribution < 1.29 is 5.11 Å². The average Bonchev–Trinajstić information content (AvgIpc) is 2.83. The SMILES string of the molecule is Cc1ncc(C(O)c2c(Br)cnn2C(C)C)s1. The third kappa shape index (κ3) is 2.43. The van der Waals surface area contributed by atoms with E-state index in [4.69, 9.17) is 0 Å². The van der Waals surface area contributed by atoms with E-state index < -0.39 is 6.10 Å². The van der Waals surface area contributed by atoms with Gasteiger partial charge in [0, 0.05) is 12.2 Å². The van der Waals surface area contributed by atoms with Gasteiger partial charge in [0.15, 0.2) is 0 Å². The van der Waals surface area contributed by atoms with Crippen molar-refractivity contribution in [2.24, 2.45) is 0 Å². The van der Waals surface area contributed by atoms with Gasteiger partial charge in [-0.2, -0.15) is 5.10 Å². The van der Waals surface area contributed by atoms with Crippen LogP contribution in [0.3, 0.4) is 0 Å². The summed E-state index contributed by atoms with van der Waals surface area (Å²) in [7, 11) is 0. The largest absolute Gasteiger partial charge is 0.381 e. The quantitative estimate of drug-likeness (QED) is 0.947. The molecule has 2 aromatic rings. The van der Waals surface area contributed by atoms with Gasteiger partial charge in [-0.15, -0.1) is 11.3 Å². The zero-order valence-electron chi connectivity index (χ0n) is 9.88. The van der Waals surface area contributed by atoms with Crippen molar-refractivity contribution in [2.75, 3.05) is 0 Å². The standard InChI is InChI=1S/C11H14BrN3OS/c1-6(2)15-10(8(12)4-14-15)11(16)9-5-13-7(3)17-9/h4-6,11,16H,1-3H3. The van der Waals surface area contributed by atoms with Crippen LogP contribution in [0.1, 0.15) is 41.6 Å².